The fourth-order valence-electron chi connectivity index (χ4n) is 2.66. The lowest BCUT2D eigenvalue weighted by Gasteiger charge is -2.12. The molecule has 0 aromatic heterocycles. The Morgan fingerprint density at radius 3 is 2.86 bits per heavy atom. The molecule has 3 rings (SSSR count). The van der Waals surface area contributed by atoms with E-state index in [1.807, 2.05) is 6.07 Å². The van der Waals surface area contributed by atoms with Crippen LogP contribution < -0.4 is 9.75 Å². The van der Waals surface area contributed by atoms with Crippen molar-refractivity contribution in [2.75, 3.05) is 11.6 Å². The molecular weight excluding hydrogens is 426 g/mol. The van der Waals surface area contributed by atoms with Crippen LogP contribution in [-0.2, 0) is 4.79 Å². The molecule has 0 radical (unpaired) electrons. The van der Waals surface area contributed by atoms with Crippen LogP contribution in [0.25, 0.3) is 6.08 Å². The second-order valence-corrected chi connectivity index (χ2v) is 6.76. The Kier molecular flexibility index (Phi) is 5.57. The molecule has 0 saturated carbocycles. The quantitative estimate of drug-likeness (QED) is 0.712. The van der Waals surface area contributed by atoms with Crippen molar-refractivity contribution >= 4 is 45.3 Å². The predicted molar refractivity (Wildman–Crippen MR) is 107 cm³/mol. The number of amides is 1. The van der Waals surface area contributed by atoms with E-state index in [4.69, 9.17) is 15.1 Å². The van der Waals surface area contributed by atoms with E-state index in [1.165, 1.54) is 17.1 Å². The van der Waals surface area contributed by atoms with Gasteiger partial charge in [-0.1, -0.05) is 22.0 Å². The number of nitrogens with zero attached hydrogens (tertiary/aromatic N) is 3. The monoisotopic (exact) mass is 439 g/mol. The van der Waals surface area contributed by atoms with Crippen LogP contribution in [0.1, 0.15) is 22.8 Å². The summed E-state index contributed by atoms with van der Waals surface area (Å²) in [6.45, 7) is 1.57. The zero-order valence-electron chi connectivity index (χ0n) is 14.7. The summed E-state index contributed by atoms with van der Waals surface area (Å²) in [7, 11) is 0. The number of hydrogen-bond acceptors (Lipinski definition) is 5. The van der Waals surface area contributed by atoms with Crippen molar-refractivity contribution in [2.24, 2.45) is 5.10 Å². The topological polar surface area (TPSA) is 103 Å². The highest BCUT2D eigenvalue weighted by atomic mass is 79.9. The summed E-state index contributed by atoms with van der Waals surface area (Å²) in [5.41, 5.74) is 1.87. The van der Waals surface area contributed by atoms with Crippen LogP contribution in [0.3, 0.4) is 0 Å². The number of halogens is 1. The maximum atomic E-state index is 12.9. The first kappa shape index (κ1) is 19.3. The van der Waals surface area contributed by atoms with Crippen LogP contribution in [0, 0.1) is 11.3 Å². The largest absolute Gasteiger partial charge is 0.478 e. The van der Waals surface area contributed by atoms with Crippen LogP contribution in [-0.4, -0.2) is 29.3 Å². The van der Waals surface area contributed by atoms with E-state index in [0.717, 1.165) is 4.47 Å². The number of carboxylic acid groups (broad SMARTS) is 1. The molecule has 2 aromatic carbocycles. The van der Waals surface area contributed by atoms with Crippen molar-refractivity contribution in [2.45, 2.75) is 6.92 Å². The number of hydrogen-bond donors (Lipinski definition) is 1. The number of anilines is 1. The van der Waals surface area contributed by atoms with Crippen molar-refractivity contribution < 1.29 is 19.4 Å². The van der Waals surface area contributed by atoms with Gasteiger partial charge in [0.1, 0.15) is 11.8 Å². The van der Waals surface area contributed by atoms with Gasteiger partial charge in [-0.15, -0.1) is 0 Å². The third-order valence-corrected chi connectivity index (χ3v) is 4.46. The SMILES string of the molecule is CC1=NN(c2cccc(C(=O)O)c2)C(=O)C1=Cc1cc(Br)ccc1OCC#N. The number of benzene rings is 2. The van der Waals surface area contributed by atoms with Gasteiger partial charge in [-0.3, -0.25) is 4.79 Å². The van der Waals surface area contributed by atoms with E-state index in [-0.39, 0.29) is 18.1 Å². The minimum atomic E-state index is -1.08. The minimum Gasteiger partial charge on any atom is -0.478 e. The molecule has 0 aliphatic carbocycles. The number of hydrazone groups is 1. The van der Waals surface area contributed by atoms with E-state index >= 15 is 0 Å². The number of ether oxygens (including phenoxy) is 1. The molecule has 1 heterocycles. The lowest BCUT2D eigenvalue weighted by molar-refractivity contribution is -0.114. The van der Waals surface area contributed by atoms with Crippen molar-refractivity contribution in [3.8, 4) is 11.8 Å². The van der Waals surface area contributed by atoms with Gasteiger partial charge in [0.05, 0.1) is 22.5 Å². The summed E-state index contributed by atoms with van der Waals surface area (Å²) in [5, 5.41) is 23.3. The third-order valence-electron chi connectivity index (χ3n) is 3.96. The smallest absolute Gasteiger partial charge is 0.335 e. The summed E-state index contributed by atoms with van der Waals surface area (Å²) in [4.78, 5) is 24.1. The van der Waals surface area contributed by atoms with Gasteiger partial charge in [-0.05, 0) is 49.4 Å². The molecule has 8 heteroatoms. The summed E-state index contributed by atoms with van der Waals surface area (Å²) in [5.74, 6) is -1.01. The van der Waals surface area contributed by atoms with E-state index < -0.39 is 5.97 Å². The zero-order chi connectivity index (χ0) is 20.3. The highest BCUT2D eigenvalue weighted by molar-refractivity contribution is 9.10. The van der Waals surface area contributed by atoms with Crippen LogP contribution in [0.2, 0.25) is 0 Å². The predicted octanol–water partition coefficient (Wildman–Crippen LogP) is 3.86. The van der Waals surface area contributed by atoms with Crippen molar-refractivity contribution in [3.05, 3.63) is 63.6 Å². The third kappa shape index (κ3) is 3.94. The number of carbonyl (C=O) groups excluding carboxylic acids is 1. The van der Waals surface area contributed by atoms with Crippen molar-refractivity contribution in [1.29, 1.82) is 5.26 Å². The number of aromatic carboxylic acids is 1. The molecular formula is C20H14BrN3O4. The fourth-order valence-corrected chi connectivity index (χ4v) is 3.04. The molecule has 0 spiro atoms. The van der Waals surface area contributed by atoms with Crippen LogP contribution in [0.15, 0.2) is 57.6 Å². The van der Waals surface area contributed by atoms with Crippen LogP contribution in [0.5, 0.6) is 5.75 Å². The van der Waals surface area contributed by atoms with E-state index in [2.05, 4.69) is 21.0 Å². The summed E-state index contributed by atoms with van der Waals surface area (Å²) < 4.78 is 6.21. The average Bonchev–Trinajstić information content (AvgIpc) is 2.96. The standard InChI is InChI=1S/C20H14BrN3O4/c1-12-17(11-14-9-15(21)5-6-18(14)28-8-7-22)19(25)24(23-12)16-4-2-3-13(10-16)20(26)27/h2-6,9-11H,8H2,1H3,(H,26,27). The zero-order valence-corrected chi connectivity index (χ0v) is 16.3. The first-order valence-corrected chi connectivity index (χ1v) is 8.94. The second kappa shape index (κ2) is 8.06. The normalized spacial score (nSPS) is 14.8. The van der Waals surface area contributed by atoms with Gasteiger partial charge in [0.15, 0.2) is 6.61 Å². The van der Waals surface area contributed by atoms with Gasteiger partial charge < -0.3 is 9.84 Å². The fraction of sp³-hybridized carbons (Fsp3) is 0.100. The molecule has 1 aliphatic rings. The molecule has 0 unspecified atom stereocenters. The minimum absolute atomic E-state index is 0.0646. The Balaban J connectivity index is 1.98. The van der Waals surface area contributed by atoms with Crippen molar-refractivity contribution in [3.63, 3.8) is 0 Å². The summed E-state index contributed by atoms with van der Waals surface area (Å²) in [6.07, 6.45) is 1.64. The molecule has 0 fully saturated rings. The molecule has 2 aromatic rings. The Bertz CT molecular complexity index is 1070. The molecule has 140 valence electrons. The number of carboxylic acids is 1. The van der Waals surface area contributed by atoms with Gasteiger partial charge >= 0.3 is 5.97 Å². The first-order chi connectivity index (χ1) is 13.4. The Morgan fingerprint density at radius 2 is 2.14 bits per heavy atom. The molecule has 0 bridgehead atoms. The van der Waals surface area contributed by atoms with Gasteiger partial charge in [-0.2, -0.15) is 15.4 Å². The van der Waals surface area contributed by atoms with E-state index in [1.54, 1.807) is 43.3 Å². The number of carbonyl (C=O) groups is 2. The number of rotatable bonds is 5. The maximum absolute atomic E-state index is 12.9. The molecule has 28 heavy (non-hydrogen) atoms. The van der Waals surface area contributed by atoms with Crippen LogP contribution in [0.4, 0.5) is 5.69 Å². The Labute approximate surface area is 169 Å². The summed E-state index contributed by atoms with van der Waals surface area (Å²) in [6, 6.07) is 13.2. The van der Waals surface area contributed by atoms with Crippen molar-refractivity contribution in [1.82, 2.24) is 0 Å². The van der Waals surface area contributed by atoms with Gasteiger partial charge in [0.25, 0.3) is 5.91 Å². The second-order valence-electron chi connectivity index (χ2n) is 5.84. The van der Waals surface area contributed by atoms with E-state index in [9.17, 15) is 9.59 Å². The highest BCUT2D eigenvalue weighted by Crippen LogP contribution is 2.30. The molecule has 1 N–H and O–H groups in total. The molecule has 1 amide bonds. The van der Waals surface area contributed by atoms with Gasteiger partial charge in [0, 0.05) is 10.0 Å². The average molecular weight is 440 g/mol. The lowest BCUT2D eigenvalue weighted by atomic mass is 10.1. The molecule has 7 nitrogen and oxygen atoms in total. The first-order valence-electron chi connectivity index (χ1n) is 8.15. The molecule has 0 atom stereocenters. The molecule has 1 aliphatic heterocycles. The molecule has 0 saturated heterocycles. The Hall–Kier alpha value is -3.44. The van der Waals surface area contributed by atoms with Gasteiger partial charge in [-0.25, -0.2) is 4.79 Å². The van der Waals surface area contributed by atoms with Gasteiger partial charge in [0.2, 0.25) is 0 Å². The Morgan fingerprint density at radius 1 is 1.36 bits per heavy atom. The van der Waals surface area contributed by atoms with E-state index in [0.29, 0.717) is 28.3 Å². The maximum Gasteiger partial charge on any atom is 0.335 e. The highest BCUT2D eigenvalue weighted by Gasteiger charge is 2.29. The number of nitriles is 1. The lowest BCUT2D eigenvalue weighted by Crippen LogP contribution is -2.21. The van der Waals surface area contributed by atoms with Crippen LogP contribution >= 0.6 is 15.9 Å². The summed E-state index contributed by atoms with van der Waals surface area (Å²) >= 11 is 3.38.